The van der Waals surface area contributed by atoms with Crippen LogP contribution in [0.3, 0.4) is 0 Å². The number of halogens is 3. The van der Waals surface area contributed by atoms with E-state index in [0.29, 0.717) is 43.6 Å². The number of nitrogens with two attached hydrogens (primary N) is 1. The summed E-state index contributed by atoms with van der Waals surface area (Å²) in [5.41, 5.74) is 4.79. The Balaban J connectivity index is 1.80. The molecule has 174 valence electrons. The first kappa shape index (κ1) is 22.1. The average Bonchev–Trinajstić information content (AvgIpc) is 2.99. The summed E-state index contributed by atoms with van der Waals surface area (Å²) in [6.07, 6.45) is 2.09. The Labute approximate surface area is 195 Å². The van der Waals surface area contributed by atoms with Crippen LogP contribution in [-0.2, 0) is 4.74 Å². The highest BCUT2D eigenvalue weighted by Gasteiger charge is 2.27. The molecule has 1 aliphatic rings. The van der Waals surface area contributed by atoms with Gasteiger partial charge in [-0.1, -0.05) is 0 Å². The van der Waals surface area contributed by atoms with Gasteiger partial charge in [0.1, 0.15) is 39.7 Å². The van der Waals surface area contributed by atoms with Crippen LogP contribution in [0.15, 0.2) is 12.3 Å². The zero-order chi connectivity index (χ0) is 24.0. The Morgan fingerprint density at radius 2 is 2.03 bits per heavy atom. The van der Waals surface area contributed by atoms with Crippen LogP contribution in [0.4, 0.5) is 24.0 Å². The minimum absolute atomic E-state index is 0.000824. The molecule has 1 fully saturated rings. The number of methoxy groups -OCH3 is 1. The van der Waals surface area contributed by atoms with E-state index in [0.717, 1.165) is 17.8 Å². The molecule has 4 aromatic rings. The van der Waals surface area contributed by atoms with Gasteiger partial charge in [-0.2, -0.15) is 15.2 Å². The summed E-state index contributed by atoms with van der Waals surface area (Å²) in [5.74, 6) is -2.51. The van der Waals surface area contributed by atoms with E-state index in [-0.39, 0.29) is 37.7 Å². The summed E-state index contributed by atoms with van der Waals surface area (Å²) in [6, 6.07) is 2.40. The van der Waals surface area contributed by atoms with Crippen molar-refractivity contribution in [2.24, 2.45) is 0 Å². The molecular weight excluding hydrogens is 469 g/mol. The van der Waals surface area contributed by atoms with Gasteiger partial charge in [-0.25, -0.2) is 13.2 Å². The summed E-state index contributed by atoms with van der Waals surface area (Å²) in [7, 11) is 1.35. The molecule has 0 saturated carbocycles. The second kappa shape index (κ2) is 8.58. The normalized spacial score (nSPS) is 14.4. The summed E-state index contributed by atoms with van der Waals surface area (Å²) in [4.78, 5) is 14.6. The summed E-state index contributed by atoms with van der Waals surface area (Å²) >= 11 is 0.786. The Hall–Kier alpha value is -3.69. The molecular formula is C22H17F3N6O2S. The number of hydrogen-bond donors (Lipinski definition) is 1. The van der Waals surface area contributed by atoms with Crippen LogP contribution in [0.25, 0.3) is 32.2 Å². The largest absolute Gasteiger partial charge is 0.467 e. The van der Waals surface area contributed by atoms with Crippen LogP contribution in [-0.4, -0.2) is 48.4 Å². The van der Waals surface area contributed by atoms with Crippen molar-refractivity contribution in [2.75, 3.05) is 44.0 Å². The third-order valence-electron chi connectivity index (χ3n) is 5.59. The third-order valence-corrected chi connectivity index (χ3v) is 6.62. The second-order valence-corrected chi connectivity index (χ2v) is 8.59. The molecule has 0 spiro atoms. The number of pyridine rings is 1. The third kappa shape index (κ3) is 3.44. The van der Waals surface area contributed by atoms with Gasteiger partial charge >= 0.3 is 6.01 Å². The zero-order valence-corrected chi connectivity index (χ0v) is 18.7. The summed E-state index contributed by atoms with van der Waals surface area (Å²) in [5, 5.41) is 9.71. The van der Waals surface area contributed by atoms with E-state index in [1.54, 1.807) is 0 Å². The van der Waals surface area contributed by atoms with Crippen LogP contribution in [0, 0.1) is 28.8 Å². The van der Waals surface area contributed by atoms with Crippen molar-refractivity contribution in [3.8, 4) is 23.3 Å². The van der Waals surface area contributed by atoms with E-state index in [1.165, 1.54) is 13.3 Å². The molecule has 2 N–H and O–H groups in total. The maximum absolute atomic E-state index is 15.9. The Morgan fingerprint density at radius 1 is 1.21 bits per heavy atom. The van der Waals surface area contributed by atoms with E-state index in [4.69, 9.17) is 15.2 Å². The van der Waals surface area contributed by atoms with Crippen LogP contribution >= 0.6 is 11.3 Å². The molecule has 0 bridgehead atoms. The van der Waals surface area contributed by atoms with E-state index >= 15 is 8.78 Å². The second-order valence-electron chi connectivity index (χ2n) is 7.54. The van der Waals surface area contributed by atoms with E-state index in [1.807, 2.05) is 11.0 Å². The number of ether oxygens (including phenoxy) is 2. The molecule has 4 heterocycles. The van der Waals surface area contributed by atoms with Crippen molar-refractivity contribution >= 4 is 43.1 Å². The van der Waals surface area contributed by atoms with Crippen LogP contribution in [0.2, 0.25) is 0 Å². The molecule has 0 radical (unpaired) electrons. The summed E-state index contributed by atoms with van der Waals surface area (Å²) < 4.78 is 56.1. The molecule has 0 unspecified atom stereocenters. The van der Waals surface area contributed by atoms with Gasteiger partial charge in [0.25, 0.3) is 0 Å². The Morgan fingerprint density at radius 3 is 2.79 bits per heavy atom. The van der Waals surface area contributed by atoms with Gasteiger partial charge in [0.15, 0.2) is 5.82 Å². The van der Waals surface area contributed by atoms with Crippen molar-refractivity contribution in [3.05, 3.63) is 35.3 Å². The number of nitriles is 1. The van der Waals surface area contributed by atoms with Crippen molar-refractivity contribution in [3.63, 3.8) is 0 Å². The molecule has 1 saturated heterocycles. The number of hydrogen-bond acceptors (Lipinski definition) is 9. The van der Waals surface area contributed by atoms with Gasteiger partial charge in [0.05, 0.1) is 29.4 Å². The monoisotopic (exact) mass is 486 g/mol. The Kier molecular flexibility index (Phi) is 5.59. The highest BCUT2D eigenvalue weighted by Crippen LogP contribution is 2.43. The number of rotatable bonds is 3. The first-order valence-corrected chi connectivity index (χ1v) is 11.1. The molecule has 12 heteroatoms. The lowest BCUT2D eigenvalue weighted by Crippen LogP contribution is -2.27. The first-order chi connectivity index (χ1) is 16.4. The summed E-state index contributed by atoms with van der Waals surface area (Å²) in [6.45, 7) is 2.20. The SMILES string of the molecule is COc1nc(N2CCCOCC2)c2cnc(-c3c(F)cc(F)c4sc(N)c(C#N)c34)c(F)c2n1. The molecule has 1 aromatic carbocycles. The van der Waals surface area contributed by atoms with Crippen molar-refractivity contribution in [1.82, 2.24) is 15.0 Å². The van der Waals surface area contributed by atoms with Gasteiger partial charge in [0.2, 0.25) is 0 Å². The van der Waals surface area contributed by atoms with E-state index in [2.05, 4.69) is 15.0 Å². The molecule has 5 rings (SSSR count). The van der Waals surface area contributed by atoms with Gasteiger partial charge in [-0.3, -0.25) is 4.98 Å². The van der Waals surface area contributed by atoms with Crippen LogP contribution in [0.1, 0.15) is 12.0 Å². The number of nitrogens with zero attached hydrogens (tertiary/aromatic N) is 5. The molecule has 3 aromatic heterocycles. The van der Waals surface area contributed by atoms with Crippen molar-refractivity contribution in [1.29, 1.82) is 5.26 Å². The smallest absolute Gasteiger partial charge is 0.318 e. The quantitative estimate of drug-likeness (QED) is 0.463. The van der Waals surface area contributed by atoms with Crippen molar-refractivity contribution < 1.29 is 22.6 Å². The molecule has 8 nitrogen and oxygen atoms in total. The molecule has 0 amide bonds. The first-order valence-electron chi connectivity index (χ1n) is 10.3. The number of thiophene rings is 1. The number of benzene rings is 1. The fourth-order valence-electron chi connectivity index (χ4n) is 4.05. The zero-order valence-electron chi connectivity index (χ0n) is 17.9. The lowest BCUT2D eigenvalue weighted by Gasteiger charge is -2.22. The van der Waals surface area contributed by atoms with Crippen molar-refractivity contribution in [2.45, 2.75) is 6.42 Å². The molecule has 0 aliphatic carbocycles. The van der Waals surface area contributed by atoms with Crippen LogP contribution in [0.5, 0.6) is 6.01 Å². The highest BCUT2D eigenvalue weighted by molar-refractivity contribution is 7.23. The van der Waals surface area contributed by atoms with Crippen LogP contribution < -0.4 is 15.4 Å². The minimum atomic E-state index is -1.07. The molecule has 1 aliphatic heterocycles. The highest BCUT2D eigenvalue weighted by atomic mass is 32.1. The average molecular weight is 486 g/mol. The maximum atomic E-state index is 15.9. The predicted molar refractivity (Wildman–Crippen MR) is 121 cm³/mol. The predicted octanol–water partition coefficient (Wildman–Crippen LogP) is 4.01. The molecule has 34 heavy (non-hydrogen) atoms. The topological polar surface area (TPSA) is 110 Å². The van der Waals surface area contributed by atoms with Gasteiger partial charge in [-0.15, -0.1) is 11.3 Å². The maximum Gasteiger partial charge on any atom is 0.318 e. The lowest BCUT2D eigenvalue weighted by molar-refractivity contribution is 0.152. The standard InChI is InChI=1S/C22H17F3N6O2S/c1-32-22-29-17-11(21(30-22)31-3-2-5-33-6-4-31)9-28-18(16(17)25)15-12(23)7-13(24)19-14(15)10(8-26)20(27)34-19/h7,9H,2-6,27H2,1H3. The number of nitrogen functional groups attached to an aromatic ring is 1. The fourth-order valence-corrected chi connectivity index (χ4v) is 4.98. The van der Waals surface area contributed by atoms with Gasteiger partial charge < -0.3 is 20.1 Å². The lowest BCUT2D eigenvalue weighted by atomic mass is 10.0. The van der Waals surface area contributed by atoms with E-state index < -0.39 is 23.1 Å². The van der Waals surface area contributed by atoms with Gasteiger partial charge in [0, 0.05) is 42.9 Å². The number of aromatic nitrogens is 3. The molecule has 0 atom stereocenters. The van der Waals surface area contributed by atoms with E-state index in [9.17, 15) is 9.65 Å². The number of fused-ring (bicyclic) bond motifs is 2. The minimum Gasteiger partial charge on any atom is -0.467 e. The number of anilines is 2. The Bertz CT molecular complexity index is 1480. The fraction of sp³-hybridized carbons (Fsp3) is 0.273. The van der Waals surface area contributed by atoms with Gasteiger partial charge in [-0.05, 0) is 6.42 Å².